The van der Waals surface area contributed by atoms with E-state index >= 15 is 0 Å². The summed E-state index contributed by atoms with van der Waals surface area (Å²) in [6.45, 7) is 6.80. The average Bonchev–Trinajstić information content (AvgIpc) is 3.54. The number of rotatable bonds is 2. The SMILES string of the molecule is CC1=C(c2ccc3c(c2)-c2ccccc2[Si]32c3ccccc3-c3ccccc32)N(C)C(C)N1c1ccccc1C. The number of fused-ring (bicyclic) bond motifs is 10. The highest BCUT2D eigenvalue weighted by Crippen LogP contribution is 2.41. The van der Waals surface area contributed by atoms with E-state index in [0.29, 0.717) is 0 Å². The van der Waals surface area contributed by atoms with Crippen LogP contribution in [-0.4, -0.2) is 26.2 Å². The Balaban J connectivity index is 1.37. The maximum absolute atomic E-state index is 2.49. The van der Waals surface area contributed by atoms with E-state index in [-0.39, 0.29) is 6.17 Å². The minimum Gasteiger partial charge on any atom is -0.352 e. The number of allylic oxidation sites excluding steroid dienone is 1. The summed E-state index contributed by atoms with van der Waals surface area (Å²) in [5.41, 5.74) is 12.1. The number of anilines is 1. The highest BCUT2D eigenvalue weighted by molar-refractivity contribution is 7.24. The van der Waals surface area contributed by atoms with Crippen molar-refractivity contribution in [3.8, 4) is 22.3 Å². The monoisotopic (exact) mass is 532 g/mol. The van der Waals surface area contributed by atoms with Gasteiger partial charge in [-0.15, -0.1) is 0 Å². The number of benzene rings is 5. The van der Waals surface area contributed by atoms with Crippen LogP contribution in [0.1, 0.15) is 25.0 Å². The molecular formula is C37H32N2Si. The molecule has 3 aliphatic rings. The van der Waals surface area contributed by atoms with Crippen molar-refractivity contribution in [2.45, 2.75) is 26.9 Å². The molecule has 0 aliphatic carbocycles. The van der Waals surface area contributed by atoms with Gasteiger partial charge in [0.15, 0.2) is 8.07 Å². The Morgan fingerprint density at radius 3 is 1.68 bits per heavy atom. The summed E-state index contributed by atoms with van der Waals surface area (Å²) in [5, 5.41) is 6.11. The van der Waals surface area contributed by atoms with Gasteiger partial charge in [0.1, 0.15) is 6.17 Å². The van der Waals surface area contributed by atoms with Gasteiger partial charge in [-0.1, -0.05) is 103 Å². The Labute approximate surface area is 237 Å². The molecule has 40 heavy (non-hydrogen) atoms. The Morgan fingerprint density at radius 2 is 1.07 bits per heavy atom. The number of hydrogen-bond acceptors (Lipinski definition) is 2. The van der Waals surface area contributed by atoms with E-state index in [1.807, 2.05) is 0 Å². The predicted octanol–water partition coefficient (Wildman–Crippen LogP) is 5.82. The van der Waals surface area contributed by atoms with Gasteiger partial charge in [0.05, 0.1) is 5.70 Å². The molecule has 194 valence electrons. The highest BCUT2D eigenvalue weighted by atomic mass is 28.3. The third-order valence-electron chi connectivity index (χ3n) is 9.64. The first kappa shape index (κ1) is 23.5. The van der Waals surface area contributed by atoms with Gasteiger partial charge in [-0.05, 0) is 81.5 Å². The van der Waals surface area contributed by atoms with Crippen molar-refractivity contribution in [1.82, 2.24) is 4.90 Å². The third-order valence-corrected chi connectivity index (χ3v) is 14.6. The molecule has 3 heterocycles. The second kappa shape index (κ2) is 8.33. The first-order valence-electron chi connectivity index (χ1n) is 14.3. The molecule has 0 aromatic heterocycles. The smallest absolute Gasteiger partial charge is 0.182 e. The quantitative estimate of drug-likeness (QED) is 0.259. The number of nitrogens with zero attached hydrogens (tertiary/aromatic N) is 2. The maximum Gasteiger partial charge on any atom is 0.182 e. The van der Waals surface area contributed by atoms with Gasteiger partial charge in [-0.3, -0.25) is 0 Å². The van der Waals surface area contributed by atoms with Gasteiger partial charge in [0.2, 0.25) is 0 Å². The molecule has 0 saturated heterocycles. The molecule has 0 bridgehead atoms. The fraction of sp³-hybridized carbons (Fsp3) is 0.135. The second-order valence-electron chi connectivity index (χ2n) is 11.5. The van der Waals surface area contributed by atoms with E-state index in [0.717, 1.165) is 0 Å². The molecule has 1 spiro atoms. The van der Waals surface area contributed by atoms with Crippen LogP contribution in [0.3, 0.4) is 0 Å². The van der Waals surface area contributed by atoms with Gasteiger partial charge in [-0.2, -0.15) is 0 Å². The summed E-state index contributed by atoms with van der Waals surface area (Å²) >= 11 is 0. The van der Waals surface area contributed by atoms with Crippen LogP contribution in [0.2, 0.25) is 0 Å². The summed E-state index contributed by atoms with van der Waals surface area (Å²) in [6.07, 6.45) is 0.242. The third kappa shape index (κ3) is 2.83. The molecule has 0 N–H and O–H groups in total. The Kier molecular flexibility index (Phi) is 4.90. The van der Waals surface area contributed by atoms with Crippen molar-refractivity contribution in [2.75, 3.05) is 11.9 Å². The second-order valence-corrected chi connectivity index (χ2v) is 15.1. The highest BCUT2D eigenvalue weighted by Gasteiger charge is 2.53. The van der Waals surface area contributed by atoms with Crippen LogP contribution >= 0.6 is 0 Å². The van der Waals surface area contributed by atoms with Crippen molar-refractivity contribution in [3.05, 3.63) is 132 Å². The van der Waals surface area contributed by atoms with Crippen molar-refractivity contribution in [3.63, 3.8) is 0 Å². The van der Waals surface area contributed by atoms with Gasteiger partial charge < -0.3 is 9.80 Å². The predicted molar refractivity (Wildman–Crippen MR) is 172 cm³/mol. The van der Waals surface area contributed by atoms with Crippen molar-refractivity contribution < 1.29 is 0 Å². The van der Waals surface area contributed by atoms with E-state index in [2.05, 4.69) is 153 Å². The molecular weight excluding hydrogens is 501 g/mol. The molecule has 0 fully saturated rings. The van der Waals surface area contributed by atoms with Crippen molar-refractivity contribution >= 4 is 40.2 Å². The first-order chi connectivity index (χ1) is 19.5. The largest absolute Gasteiger partial charge is 0.352 e. The lowest BCUT2D eigenvalue weighted by Gasteiger charge is -2.30. The zero-order valence-corrected chi connectivity index (χ0v) is 24.4. The maximum atomic E-state index is 2.49. The average molecular weight is 533 g/mol. The van der Waals surface area contributed by atoms with Gasteiger partial charge >= 0.3 is 0 Å². The van der Waals surface area contributed by atoms with Gasteiger partial charge in [0.25, 0.3) is 0 Å². The summed E-state index contributed by atoms with van der Waals surface area (Å²) < 4.78 is 0. The lowest BCUT2D eigenvalue weighted by Crippen LogP contribution is -2.70. The molecule has 3 aliphatic heterocycles. The molecule has 8 rings (SSSR count). The Hall–Kier alpha value is -4.34. The van der Waals surface area contributed by atoms with Crippen LogP contribution in [0, 0.1) is 6.92 Å². The summed E-state index contributed by atoms with van der Waals surface area (Å²) in [4.78, 5) is 4.93. The van der Waals surface area contributed by atoms with Gasteiger partial charge in [0, 0.05) is 24.0 Å². The molecule has 0 saturated carbocycles. The van der Waals surface area contributed by atoms with Crippen molar-refractivity contribution in [1.29, 1.82) is 0 Å². The normalized spacial score (nSPS) is 17.8. The lowest BCUT2D eigenvalue weighted by atomic mass is 10.0. The zero-order valence-electron chi connectivity index (χ0n) is 23.4. The van der Waals surface area contributed by atoms with E-state index in [1.165, 1.54) is 71.2 Å². The number of aryl methyl sites for hydroxylation is 1. The van der Waals surface area contributed by atoms with Crippen LogP contribution in [0.25, 0.3) is 28.0 Å². The van der Waals surface area contributed by atoms with E-state index in [9.17, 15) is 0 Å². The van der Waals surface area contributed by atoms with E-state index < -0.39 is 8.07 Å². The molecule has 0 radical (unpaired) electrons. The number of para-hydroxylation sites is 1. The van der Waals surface area contributed by atoms with Crippen LogP contribution < -0.4 is 25.6 Å². The topological polar surface area (TPSA) is 6.48 Å². The summed E-state index contributed by atoms with van der Waals surface area (Å²) in [7, 11) is -0.137. The molecule has 3 heteroatoms. The zero-order chi connectivity index (χ0) is 27.2. The van der Waals surface area contributed by atoms with Crippen LogP contribution in [0.5, 0.6) is 0 Å². The Bertz CT molecular complexity index is 1840. The molecule has 1 unspecified atom stereocenters. The summed E-state index contributed by atoms with van der Waals surface area (Å²) in [5.74, 6) is 0. The molecule has 5 aromatic rings. The lowest BCUT2D eigenvalue weighted by molar-refractivity contribution is 0.398. The minimum atomic E-state index is -2.38. The molecule has 2 nitrogen and oxygen atoms in total. The van der Waals surface area contributed by atoms with E-state index in [1.54, 1.807) is 0 Å². The molecule has 1 atom stereocenters. The summed E-state index contributed by atoms with van der Waals surface area (Å²) in [6, 6.07) is 43.6. The van der Waals surface area contributed by atoms with Crippen LogP contribution in [-0.2, 0) is 0 Å². The van der Waals surface area contributed by atoms with E-state index in [4.69, 9.17) is 0 Å². The van der Waals surface area contributed by atoms with Crippen molar-refractivity contribution in [2.24, 2.45) is 0 Å². The fourth-order valence-corrected chi connectivity index (χ4v) is 13.5. The molecule has 5 aromatic carbocycles. The van der Waals surface area contributed by atoms with Gasteiger partial charge in [-0.25, -0.2) is 0 Å². The Morgan fingerprint density at radius 1 is 0.575 bits per heavy atom. The molecule has 0 amide bonds. The minimum absolute atomic E-state index is 0.242. The number of hydrogen-bond donors (Lipinski definition) is 0. The first-order valence-corrected chi connectivity index (χ1v) is 16.3. The standard InChI is InChI=1S/C37H32N2Si/c1-24-13-5-9-17-32(24)39-25(2)37(38(4)26(39)3)27-21-22-36-31(23-27)30-16-8-12-20-35(30)40(36)33-18-10-6-14-28(33)29-15-7-11-19-34(29)40/h5-23,26H,1-4H3. The van der Waals surface area contributed by atoms with Crippen LogP contribution in [0.15, 0.2) is 121 Å². The van der Waals surface area contributed by atoms with Crippen LogP contribution in [0.4, 0.5) is 5.69 Å². The fourth-order valence-electron chi connectivity index (χ4n) is 7.88.